The third-order valence-corrected chi connectivity index (χ3v) is 2.36. The van der Waals surface area contributed by atoms with Gasteiger partial charge >= 0.3 is 5.97 Å². The van der Waals surface area contributed by atoms with E-state index in [0.717, 1.165) is 0 Å². The number of carboxylic acids is 1. The zero-order valence-electron chi connectivity index (χ0n) is 6.66. The van der Waals surface area contributed by atoms with Crippen molar-refractivity contribution in [1.82, 2.24) is 0 Å². The molecule has 0 radical (unpaired) electrons. The van der Waals surface area contributed by atoms with Gasteiger partial charge in [0.2, 0.25) is 0 Å². The number of benzene rings is 1. The Kier molecular flexibility index (Phi) is 1.88. The van der Waals surface area contributed by atoms with Gasteiger partial charge in [-0.05, 0) is 6.07 Å². The van der Waals surface area contributed by atoms with Gasteiger partial charge in [0.15, 0.2) is 0 Å². The average Bonchev–Trinajstić information content (AvgIpc) is 2.48. The number of ether oxygens (including phenoxy) is 1. The van der Waals surface area contributed by atoms with Gasteiger partial charge in [0.1, 0.15) is 18.3 Å². The summed E-state index contributed by atoms with van der Waals surface area (Å²) < 4.78 is 5.19. The Balaban J connectivity index is 2.49. The van der Waals surface area contributed by atoms with Crippen LogP contribution in [0.5, 0.6) is 5.75 Å². The van der Waals surface area contributed by atoms with Crippen molar-refractivity contribution in [2.45, 2.75) is 5.92 Å². The summed E-state index contributed by atoms with van der Waals surface area (Å²) >= 11 is 5.82. The van der Waals surface area contributed by atoms with Crippen molar-refractivity contribution >= 4 is 17.6 Å². The molecule has 1 aliphatic heterocycles. The second-order valence-electron chi connectivity index (χ2n) is 2.86. The molecule has 1 unspecified atom stereocenters. The molecule has 0 spiro atoms. The summed E-state index contributed by atoms with van der Waals surface area (Å²) in [5, 5.41) is 9.30. The Hall–Kier alpha value is -1.22. The Morgan fingerprint density at radius 3 is 3.08 bits per heavy atom. The number of para-hydroxylation sites is 1. The smallest absolute Gasteiger partial charge is 0.314 e. The van der Waals surface area contributed by atoms with Crippen molar-refractivity contribution in [2.24, 2.45) is 0 Å². The van der Waals surface area contributed by atoms with Crippen molar-refractivity contribution in [2.75, 3.05) is 6.61 Å². The first-order valence-corrected chi connectivity index (χ1v) is 4.22. The molecule has 0 amide bonds. The molecule has 0 aromatic heterocycles. The molecule has 3 nitrogen and oxygen atoms in total. The van der Waals surface area contributed by atoms with E-state index in [9.17, 15) is 4.79 Å². The molecule has 13 heavy (non-hydrogen) atoms. The van der Waals surface area contributed by atoms with E-state index in [2.05, 4.69) is 0 Å². The second kappa shape index (κ2) is 2.92. The SMILES string of the molecule is O=C(O)C1COc2c(Cl)cccc21. The summed E-state index contributed by atoms with van der Waals surface area (Å²) in [4.78, 5) is 10.8. The van der Waals surface area contributed by atoms with Gasteiger partial charge in [0.05, 0.1) is 5.02 Å². The summed E-state index contributed by atoms with van der Waals surface area (Å²) in [6.45, 7) is 0.175. The largest absolute Gasteiger partial charge is 0.490 e. The molecule has 1 aliphatic rings. The summed E-state index contributed by atoms with van der Waals surface area (Å²) in [6, 6.07) is 5.14. The highest BCUT2D eigenvalue weighted by molar-refractivity contribution is 6.32. The van der Waals surface area contributed by atoms with Crippen LogP contribution in [0.15, 0.2) is 18.2 Å². The van der Waals surface area contributed by atoms with Crippen LogP contribution in [0.3, 0.4) is 0 Å². The lowest BCUT2D eigenvalue weighted by atomic mass is 10.0. The summed E-state index contributed by atoms with van der Waals surface area (Å²) in [5.74, 6) is -0.939. The minimum Gasteiger partial charge on any atom is -0.490 e. The zero-order chi connectivity index (χ0) is 9.42. The van der Waals surface area contributed by atoms with Crippen molar-refractivity contribution in [1.29, 1.82) is 0 Å². The van der Waals surface area contributed by atoms with E-state index in [4.69, 9.17) is 21.4 Å². The maximum absolute atomic E-state index is 10.8. The Morgan fingerprint density at radius 2 is 2.38 bits per heavy atom. The Bertz CT molecular complexity index is 362. The number of hydrogen-bond donors (Lipinski definition) is 1. The predicted octanol–water partition coefficient (Wildman–Crippen LogP) is 1.90. The van der Waals surface area contributed by atoms with Crippen molar-refractivity contribution in [3.63, 3.8) is 0 Å². The highest BCUT2D eigenvalue weighted by Gasteiger charge is 2.31. The highest BCUT2D eigenvalue weighted by Crippen LogP contribution is 2.39. The highest BCUT2D eigenvalue weighted by atomic mass is 35.5. The van der Waals surface area contributed by atoms with Crippen LogP contribution in [0.25, 0.3) is 0 Å². The van der Waals surface area contributed by atoms with Crippen LogP contribution in [-0.4, -0.2) is 17.7 Å². The number of aliphatic carboxylic acids is 1. The molecule has 0 aliphatic carbocycles. The van der Waals surface area contributed by atoms with Crippen molar-refractivity contribution < 1.29 is 14.6 Å². The quantitative estimate of drug-likeness (QED) is 0.750. The molecular weight excluding hydrogens is 192 g/mol. The van der Waals surface area contributed by atoms with Crippen LogP contribution in [0, 0.1) is 0 Å². The van der Waals surface area contributed by atoms with Crippen molar-refractivity contribution in [3.05, 3.63) is 28.8 Å². The zero-order valence-corrected chi connectivity index (χ0v) is 7.41. The monoisotopic (exact) mass is 198 g/mol. The molecule has 0 saturated heterocycles. The fraction of sp³-hybridized carbons (Fsp3) is 0.222. The molecule has 1 aromatic carbocycles. The van der Waals surface area contributed by atoms with Crippen LogP contribution < -0.4 is 4.74 Å². The number of carboxylic acid groups (broad SMARTS) is 1. The molecular formula is C9H7ClO3. The molecule has 1 N–H and O–H groups in total. The first-order chi connectivity index (χ1) is 6.20. The van der Waals surface area contributed by atoms with E-state index in [1.54, 1.807) is 18.2 Å². The van der Waals surface area contributed by atoms with E-state index >= 15 is 0 Å². The summed E-state index contributed by atoms with van der Waals surface area (Å²) in [6.07, 6.45) is 0. The van der Waals surface area contributed by atoms with Gasteiger partial charge in [-0.25, -0.2) is 0 Å². The third kappa shape index (κ3) is 1.25. The first-order valence-electron chi connectivity index (χ1n) is 3.84. The fourth-order valence-electron chi connectivity index (χ4n) is 1.41. The van der Waals surface area contributed by atoms with E-state index in [1.165, 1.54) is 0 Å². The molecule has 2 rings (SSSR count). The van der Waals surface area contributed by atoms with Gasteiger partial charge < -0.3 is 9.84 Å². The van der Waals surface area contributed by atoms with E-state index < -0.39 is 11.9 Å². The van der Waals surface area contributed by atoms with Gasteiger partial charge in [-0.2, -0.15) is 0 Å². The van der Waals surface area contributed by atoms with Crippen LogP contribution in [0.2, 0.25) is 5.02 Å². The number of fused-ring (bicyclic) bond motifs is 1. The van der Waals surface area contributed by atoms with Crippen LogP contribution >= 0.6 is 11.6 Å². The summed E-state index contributed by atoms with van der Waals surface area (Å²) in [5.41, 5.74) is 0.667. The number of carbonyl (C=O) groups is 1. The average molecular weight is 199 g/mol. The van der Waals surface area contributed by atoms with Gasteiger partial charge in [-0.1, -0.05) is 23.7 Å². The lowest BCUT2D eigenvalue weighted by Gasteiger charge is -2.01. The normalized spacial score (nSPS) is 19.3. The molecule has 0 saturated carbocycles. The number of hydrogen-bond acceptors (Lipinski definition) is 2. The molecule has 4 heteroatoms. The van der Waals surface area contributed by atoms with Crippen LogP contribution in [0.4, 0.5) is 0 Å². The summed E-state index contributed by atoms with van der Waals surface area (Å²) in [7, 11) is 0. The fourth-order valence-corrected chi connectivity index (χ4v) is 1.65. The second-order valence-corrected chi connectivity index (χ2v) is 3.27. The molecule has 0 bridgehead atoms. The standard InChI is InChI=1S/C9H7ClO3/c10-7-3-1-2-5-6(9(11)12)4-13-8(5)7/h1-3,6H,4H2,(H,11,12). The minimum atomic E-state index is -0.874. The predicted molar refractivity (Wildman–Crippen MR) is 47.3 cm³/mol. The molecule has 68 valence electrons. The topological polar surface area (TPSA) is 46.5 Å². The molecule has 1 aromatic rings. The van der Waals surface area contributed by atoms with Gasteiger partial charge in [-0.3, -0.25) is 4.79 Å². The Labute approximate surface area is 79.9 Å². The third-order valence-electron chi connectivity index (χ3n) is 2.07. The maximum Gasteiger partial charge on any atom is 0.314 e. The lowest BCUT2D eigenvalue weighted by Crippen LogP contribution is -2.12. The number of halogens is 1. The van der Waals surface area contributed by atoms with Gasteiger partial charge in [0.25, 0.3) is 0 Å². The maximum atomic E-state index is 10.8. The van der Waals surface area contributed by atoms with Gasteiger partial charge in [-0.15, -0.1) is 0 Å². The molecule has 1 atom stereocenters. The first kappa shape index (κ1) is 8.38. The molecule has 1 heterocycles. The van der Waals surface area contributed by atoms with E-state index in [0.29, 0.717) is 16.3 Å². The van der Waals surface area contributed by atoms with Gasteiger partial charge in [0, 0.05) is 5.56 Å². The Morgan fingerprint density at radius 1 is 1.62 bits per heavy atom. The number of rotatable bonds is 1. The lowest BCUT2D eigenvalue weighted by molar-refractivity contribution is -0.138. The van der Waals surface area contributed by atoms with Crippen LogP contribution in [0.1, 0.15) is 11.5 Å². The van der Waals surface area contributed by atoms with E-state index in [-0.39, 0.29) is 6.61 Å². The molecule has 0 fully saturated rings. The van der Waals surface area contributed by atoms with Crippen molar-refractivity contribution in [3.8, 4) is 5.75 Å². The minimum absolute atomic E-state index is 0.175. The van der Waals surface area contributed by atoms with E-state index in [1.807, 2.05) is 0 Å². The van der Waals surface area contributed by atoms with Crippen LogP contribution in [-0.2, 0) is 4.79 Å².